The second kappa shape index (κ2) is 15.4. The standard InChI is InChI=1S/C31H46N4O5S/c1-24(2)23-35(41(39,40)27-15-8-5-9-16-27)31(38,22-26-13-6-4-7-14-26)19-21-33-29(36)18-10-12-25(3)34-30(37)28-17-11-20-32-28/h4-9,13-16,24-25,28,32,38H,10-12,17-23H2,1-3H3,(H,33,36)(H,34,37). The maximum atomic E-state index is 13.8. The smallest absolute Gasteiger partial charge is 0.245 e. The van der Waals surface area contributed by atoms with Crippen LogP contribution in [0.1, 0.15) is 64.9 Å². The number of carbonyl (C=O) groups excluding carboxylic acids is 2. The third-order valence-electron chi connectivity index (χ3n) is 7.31. The lowest BCUT2D eigenvalue weighted by Crippen LogP contribution is -2.55. The molecule has 10 heteroatoms. The van der Waals surface area contributed by atoms with Crippen molar-refractivity contribution < 1.29 is 23.1 Å². The highest BCUT2D eigenvalue weighted by Gasteiger charge is 2.43. The van der Waals surface area contributed by atoms with Gasteiger partial charge in [-0.2, -0.15) is 4.31 Å². The fourth-order valence-electron chi connectivity index (χ4n) is 5.15. The average Bonchev–Trinajstić information content (AvgIpc) is 3.48. The monoisotopic (exact) mass is 586 g/mol. The first-order valence-electron chi connectivity index (χ1n) is 14.7. The SMILES string of the molecule is CC(C)CN(C(O)(CCNC(=O)CCCC(C)NC(=O)C1CCCN1)Cc1ccccc1)S(=O)(=O)c1ccccc1. The minimum atomic E-state index is -4.03. The van der Waals surface area contributed by atoms with Gasteiger partial charge < -0.3 is 21.1 Å². The number of amides is 2. The Bertz CT molecular complexity index is 1200. The number of aliphatic hydroxyl groups is 1. The number of carbonyl (C=O) groups is 2. The van der Waals surface area contributed by atoms with E-state index in [2.05, 4.69) is 16.0 Å². The van der Waals surface area contributed by atoms with Crippen LogP contribution >= 0.6 is 0 Å². The van der Waals surface area contributed by atoms with Gasteiger partial charge in [0.1, 0.15) is 5.72 Å². The quantitative estimate of drug-likeness (QED) is 0.224. The predicted molar refractivity (Wildman–Crippen MR) is 160 cm³/mol. The summed E-state index contributed by atoms with van der Waals surface area (Å²) in [5.41, 5.74) is -0.970. The highest BCUT2D eigenvalue weighted by atomic mass is 32.2. The van der Waals surface area contributed by atoms with Gasteiger partial charge in [-0.15, -0.1) is 0 Å². The molecule has 1 saturated heterocycles. The highest BCUT2D eigenvalue weighted by Crippen LogP contribution is 2.30. The van der Waals surface area contributed by atoms with Crippen molar-refractivity contribution in [3.05, 3.63) is 66.2 Å². The Hall–Kier alpha value is -2.79. The second-order valence-corrected chi connectivity index (χ2v) is 13.3. The van der Waals surface area contributed by atoms with Crippen molar-refractivity contribution in [2.24, 2.45) is 5.92 Å². The van der Waals surface area contributed by atoms with Gasteiger partial charge in [0.2, 0.25) is 21.8 Å². The van der Waals surface area contributed by atoms with E-state index >= 15 is 0 Å². The lowest BCUT2D eigenvalue weighted by Gasteiger charge is -2.40. The van der Waals surface area contributed by atoms with Crippen LogP contribution in [0, 0.1) is 5.92 Å². The van der Waals surface area contributed by atoms with Crippen molar-refractivity contribution in [2.75, 3.05) is 19.6 Å². The molecule has 0 saturated carbocycles. The third kappa shape index (κ3) is 9.92. The van der Waals surface area contributed by atoms with Crippen molar-refractivity contribution in [3.8, 4) is 0 Å². The van der Waals surface area contributed by atoms with E-state index in [-0.39, 0.29) is 67.1 Å². The molecule has 0 bridgehead atoms. The Morgan fingerprint density at radius 1 is 1.07 bits per heavy atom. The van der Waals surface area contributed by atoms with Crippen molar-refractivity contribution in [1.29, 1.82) is 0 Å². The molecular weight excluding hydrogens is 540 g/mol. The van der Waals surface area contributed by atoms with Crippen LogP contribution in [-0.4, -0.2) is 67.1 Å². The first-order valence-corrected chi connectivity index (χ1v) is 16.1. The van der Waals surface area contributed by atoms with E-state index in [4.69, 9.17) is 0 Å². The molecule has 3 atom stereocenters. The molecule has 0 spiro atoms. The summed E-state index contributed by atoms with van der Waals surface area (Å²) in [5, 5.41) is 21.1. The molecule has 2 amide bonds. The number of rotatable bonds is 16. The first-order chi connectivity index (χ1) is 19.5. The van der Waals surface area contributed by atoms with Crippen molar-refractivity contribution in [2.45, 2.75) is 88.4 Å². The van der Waals surface area contributed by atoms with Gasteiger partial charge in [-0.3, -0.25) is 9.59 Å². The molecule has 9 nitrogen and oxygen atoms in total. The third-order valence-corrected chi connectivity index (χ3v) is 9.25. The van der Waals surface area contributed by atoms with Gasteiger partial charge in [-0.05, 0) is 62.8 Å². The van der Waals surface area contributed by atoms with Crippen LogP contribution in [0.2, 0.25) is 0 Å². The molecule has 3 unspecified atom stereocenters. The van der Waals surface area contributed by atoms with Gasteiger partial charge in [0.25, 0.3) is 0 Å². The van der Waals surface area contributed by atoms with Gasteiger partial charge >= 0.3 is 0 Å². The van der Waals surface area contributed by atoms with E-state index in [0.717, 1.165) is 24.9 Å². The summed E-state index contributed by atoms with van der Waals surface area (Å²) in [6.45, 7) is 6.85. The lowest BCUT2D eigenvalue weighted by molar-refractivity contribution is -0.123. The Kier molecular flexibility index (Phi) is 12.3. The molecule has 41 heavy (non-hydrogen) atoms. The Balaban J connectivity index is 1.63. The summed E-state index contributed by atoms with van der Waals surface area (Å²) >= 11 is 0. The van der Waals surface area contributed by atoms with E-state index in [1.54, 1.807) is 18.2 Å². The van der Waals surface area contributed by atoms with Gasteiger partial charge in [0, 0.05) is 38.4 Å². The molecule has 3 rings (SSSR count). The van der Waals surface area contributed by atoms with Crippen molar-refractivity contribution in [1.82, 2.24) is 20.3 Å². The number of nitrogens with zero attached hydrogens (tertiary/aromatic N) is 1. The van der Waals surface area contributed by atoms with Crippen LogP contribution in [-0.2, 0) is 26.0 Å². The van der Waals surface area contributed by atoms with Gasteiger partial charge in [0.05, 0.1) is 10.9 Å². The average molecular weight is 587 g/mol. The Morgan fingerprint density at radius 2 is 1.73 bits per heavy atom. The van der Waals surface area contributed by atoms with Crippen molar-refractivity contribution in [3.63, 3.8) is 0 Å². The van der Waals surface area contributed by atoms with E-state index in [9.17, 15) is 23.1 Å². The summed E-state index contributed by atoms with van der Waals surface area (Å²) in [6, 6.07) is 17.2. The number of hydrogen-bond donors (Lipinski definition) is 4. The molecule has 0 aliphatic carbocycles. The van der Waals surface area contributed by atoms with Crippen LogP contribution in [0.25, 0.3) is 0 Å². The fourth-order valence-corrected chi connectivity index (χ4v) is 7.00. The van der Waals surface area contributed by atoms with E-state index in [1.165, 1.54) is 16.4 Å². The maximum absolute atomic E-state index is 13.8. The zero-order chi connectivity index (χ0) is 29.9. The van der Waals surface area contributed by atoms with Gasteiger partial charge in [-0.25, -0.2) is 8.42 Å². The zero-order valence-corrected chi connectivity index (χ0v) is 25.3. The molecule has 1 fully saturated rings. The maximum Gasteiger partial charge on any atom is 0.245 e. The molecule has 0 radical (unpaired) electrons. The summed E-state index contributed by atoms with van der Waals surface area (Å²) in [5.74, 6) is -0.213. The molecule has 1 aliphatic rings. The van der Waals surface area contributed by atoms with Gasteiger partial charge in [-0.1, -0.05) is 62.4 Å². The Labute approximate surface area is 245 Å². The number of benzene rings is 2. The summed E-state index contributed by atoms with van der Waals surface area (Å²) in [6.07, 6.45) is 3.49. The molecule has 1 aliphatic heterocycles. The first kappa shape index (κ1) is 32.7. The van der Waals surface area contributed by atoms with Crippen LogP contribution in [0.5, 0.6) is 0 Å². The Morgan fingerprint density at radius 3 is 2.34 bits per heavy atom. The van der Waals surface area contributed by atoms with Crippen LogP contribution < -0.4 is 16.0 Å². The second-order valence-electron chi connectivity index (χ2n) is 11.4. The van der Waals surface area contributed by atoms with Crippen molar-refractivity contribution >= 4 is 21.8 Å². The summed E-state index contributed by atoms with van der Waals surface area (Å²) < 4.78 is 28.8. The van der Waals surface area contributed by atoms with Crippen LogP contribution in [0.4, 0.5) is 0 Å². The van der Waals surface area contributed by atoms with Crippen LogP contribution in [0.15, 0.2) is 65.6 Å². The lowest BCUT2D eigenvalue weighted by atomic mass is 9.98. The molecular formula is C31H46N4O5S. The normalized spacial score (nSPS) is 17.8. The molecule has 2 aromatic carbocycles. The van der Waals surface area contributed by atoms with Crippen LogP contribution in [0.3, 0.4) is 0 Å². The van der Waals surface area contributed by atoms with E-state index in [0.29, 0.717) is 12.8 Å². The molecule has 2 aromatic rings. The molecule has 4 N–H and O–H groups in total. The van der Waals surface area contributed by atoms with Gasteiger partial charge in [0.15, 0.2) is 0 Å². The minimum absolute atomic E-state index is 0.00793. The zero-order valence-electron chi connectivity index (χ0n) is 24.5. The molecule has 0 aromatic heterocycles. The van der Waals surface area contributed by atoms with E-state index in [1.807, 2.05) is 51.1 Å². The largest absolute Gasteiger partial charge is 0.374 e. The predicted octanol–water partition coefficient (Wildman–Crippen LogP) is 3.20. The fraction of sp³-hybridized carbons (Fsp3) is 0.548. The highest BCUT2D eigenvalue weighted by molar-refractivity contribution is 7.89. The molecule has 1 heterocycles. The topological polar surface area (TPSA) is 128 Å². The number of hydrogen-bond acceptors (Lipinski definition) is 6. The minimum Gasteiger partial charge on any atom is -0.374 e. The van der Waals surface area contributed by atoms with E-state index < -0.39 is 15.7 Å². The summed E-state index contributed by atoms with van der Waals surface area (Å²) in [4.78, 5) is 25.0. The number of sulfonamides is 1. The number of nitrogens with one attached hydrogen (secondary N) is 3. The molecule has 226 valence electrons. The summed E-state index contributed by atoms with van der Waals surface area (Å²) in [7, 11) is -4.03.